The van der Waals surface area contributed by atoms with Gasteiger partial charge in [0.2, 0.25) is 0 Å². The third-order valence-electron chi connectivity index (χ3n) is 3.61. The SMILES string of the molecule is Cc1ccc(SCCCCn2cnc3ccccc32)cc1. The Bertz CT molecular complexity index is 701. The van der Waals surface area contributed by atoms with Gasteiger partial charge in [0.25, 0.3) is 0 Å². The summed E-state index contributed by atoms with van der Waals surface area (Å²) >= 11 is 1.95. The molecule has 0 aliphatic carbocycles. The van der Waals surface area contributed by atoms with Gasteiger partial charge in [-0.1, -0.05) is 29.8 Å². The summed E-state index contributed by atoms with van der Waals surface area (Å²) in [6.45, 7) is 3.18. The Kier molecular flexibility index (Phi) is 4.61. The van der Waals surface area contributed by atoms with Gasteiger partial charge in [0.1, 0.15) is 0 Å². The standard InChI is InChI=1S/C18H20N2S/c1-15-8-10-16(11-9-15)21-13-5-4-12-20-14-19-17-6-2-3-7-18(17)20/h2-3,6-11,14H,4-5,12-13H2,1H3. The van der Waals surface area contributed by atoms with Crippen LogP contribution in [0.15, 0.2) is 59.8 Å². The first-order chi connectivity index (χ1) is 10.3. The molecule has 0 aliphatic rings. The van der Waals surface area contributed by atoms with Gasteiger partial charge in [0, 0.05) is 11.4 Å². The van der Waals surface area contributed by atoms with Gasteiger partial charge in [-0.2, -0.15) is 0 Å². The first kappa shape index (κ1) is 14.2. The number of benzene rings is 2. The minimum Gasteiger partial charge on any atom is -0.331 e. The van der Waals surface area contributed by atoms with Crippen LogP contribution in [-0.4, -0.2) is 15.3 Å². The summed E-state index contributed by atoms with van der Waals surface area (Å²) < 4.78 is 2.26. The van der Waals surface area contributed by atoms with Crippen LogP contribution in [0.5, 0.6) is 0 Å². The van der Waals surface area contributed by atoms with Crippen LogP contribution in [0.2, 0.25) is 0 Å². The monoisotopic (exact) mass is 296 g/mol. The molecule has 21 heavy (non-hydrogen) atoms. The van der Waals surface area contributed by atoms with Crippen LogP contribution >= 0.6 is 11.8 Å². The number of nitrogens with zero attached hydrogens (tertiary/aromatic N) is 2. The van der Waals surface area contributed by atoms with Crippen molar-refractivity contribution in [2.24, 2.45) is 0 Å². The molecule has 3 heteroatoms. The molecule has 0 radical (unpaired) electrons. The molecule has 2 aromatic carbocycles. The summed E-state index contributed by atoms with van der Waals surface area (Å²) in [5.74, 6) is 1.18. The topological polar surface area (TPSA) is 17.8 Å². The molecule has 1 heterocycles. The molecule has 0 unspecified atom stereocenters. The molecule has 0 aliphatic heterocycles. The summed E-state index contributed by atoms with van der Waals surface area (Å²) in [5, 5.41) is 0. The first-order valence-electron chi connectivity index (χ1n) is 7.42. The van der Waals surface area contributed by atoms with Crippen LogP contribution in [0, 0.1) is 6.92 Å². The molecule has 0 amide bonds. The Balaban J connectivity index is 1.45. The highest BCUT2D eigenvalue weighted by Crippen LogP contribution is 2.20. The number of thioether (sulfide) groups is 1. The summed E-state index contributed by atoms with van der Waals surface area (Å²) in [6.07, 6.45) is 4.38. The molecule has 0 bridgehead atoms. The zero-order valence-corrected chi connectivity index (χ0v) is 13.1. The van der Waals surface area contributed by atoms with Crippen LogP contribution < -0.4 is 0 Å². The van der Waals surface area contributed by atoms with Gasteiger partial charge in [-0.05, 0) is 49.8 Å². The van der Waals surface area contributed by atoms with Crippen molar-refractivity contribution in [3.8, 4) is 0 Å². The first-order valence-corrected chi connectivity index (χ1v) is 8.41. The van der Waals surface area contributed by atoms with Crippen molar-refractivity contribution in [3.05, 3.63) is 60.4 Å². The van der Waals surface area contributed by atoms with Crippen molar-refractivity contribution in [3.63, 3.8) is 0 Å². The third kappa shape index (κ3) is 3.67. The highest BCUT2D eigenvalue weighted by atomic mass is 32.2. The van der Waals surface area contributed by atoms with Crippen LogP contribution in [0.3, 0.4) is 0 Å². The van der Waals surface area contributed by atoms with Gasteiger partial charge in [0.15, 0.2) is 0 Å². The van der Waals surface area contributed by atoms with E-state index in [-0.39, 0.29) is 0 Å². The zero-order valence-electron chi connectivity index (χ0n) is 12.3. The van der Waals surface area contributed by atoms with Crippen molar-refractivity contribution in [2.45, 2.75) is 31.2 Å². The molecule has 0 saturated heterocycles. The highest BCUT2D eigenvalue weighted by Gasteiger charge is 2.01. The average molecular weight is 296 g/mol. The number of aromatic nitrogens is 2. The Morgan fingerprint density at radius 1 is 1.00 bits per heavy atom. The fourth-order valence-electron chi connectivity index (χ4n) is 2.40. The maximum absolute atomic E-state index is 4.43. The van der Waals surface area contributed by atoms with E-state index in [0.29, 0.717) is 0 Å². The normalized spacial score (nSPS) is 11.1. The molecular formula is C18H20N2S. The predicted octanol–water partition coefficient (Wildman–Crippen LogP) is 4.92. The Morgan fingerprint density at radius 3 is 2.67 bits per heavy atom. The number of aryl methyl sites for hydroxylation is 2. The van der Waals surface area contributed by atoms with E-state index in [9.17, 15) is 0 Å². The lowest BCUT2D eigenvalue weighted by atomic mass is 10.2. The summed E-state index contributed by atoms with van der Waals surface area (Å²) in [7, 11) is 0. The minimum atomic E-state index is 1.05. The van der Waals surface area contributed by atoms with Crippen LogP contribution in [0.4, 0.5) is 0 Å². The second-order valence-electron chi connectivity index (χ2n) is 5.30. The molecule has 0 saturated carbocycles. The van der Waals surface area contributed by atoms with E-state index >= 15 is 0 Å². The molecule has 3 rings (SSSR count). The summed E-state index contributed by atoms with van der Waals surface area (Å²) in [4.78, 5) is 5.80. The van der Waals surface area contributed by atoms with Crippen molar-refractivity contribution in [1.82, 2.24) is 9.55 Å². The van der Waals surface area contributed by atoms with E-state index in [2.05, 4.69) is 58.9 Å². The van der Waals surface area contributed by atoms with E-state index in [1.165, 1.54) is 34.6 Å². The number of hydrogen-bond donors (Lipinski definition) is 0. The lowest BCUT2D eigenvalue weighted by Gasteiger charge is -2.05. The molecule has 1 aromatic heterocycles. The maximum Gasteiger partial charge on any atom is 0.0958 e. The second-order valence-corrected chi connectivity index (χ2v) is 6.46. The van der Waals surface area contributed by atoms with Crippen molar-refractivity contribution < 1.29 is 0 Å². The Labute approximate surface area is 130 Å². The zero-order chi connectivity index (χ0) is 14.5. The number of para-hydroxylation sites is 2. The fraction of sp³-hybridized carbons (Fsp3) is 0.278. The molecule has 0 atom stereocenters. The van der Waals surface area contributed by atoms with E-state index in [4.69, 9.17) is 0 Å². The van der Waals surface area contributed by atoms with Gasteiger partial charge in [-0.15, -0.1) is 11.8 Å². The molecule has 108 valence electrons. The van der Waals surface area contributed by atoms with Gasteiger partial charge < -0.3 is 4.57 Å². The van der Waals surface area contributed by atoms with Gasteiger partial charge >= 0.3 is 0 Å². The van der Waals surface area contributed by atoms with Gasteiger partial charge in [-0.25, -0.2) is 4.98 Å². The molecule has 0 N–H and O–H groups in total. The quantitative estimate of drug-likeness (QED) is 0.475. The van der Waals surface area contributed by atoms with Crippen molar-refractivity contribution >= 4 is 22.8 Å². The Morgan fingerprint density at radius 2 is 1.81 bits per heavy atom. The smallest absolute Gasteiger partial charge is 0.0958 e. The molecular weight excluding hydrogens is 276 g/mol. The molecule has 0 spiro atoms. The third-order valence-corrected chi connectivity index (χ3v) is 4.71. The maximum atomic E-state index is 4.43. The summed E-state index contributed by atoms with van der Waals surface area (Å²) in [6, 6.07) is 17.1. The lowest BCUT2D eigenvalue weighted by molar-refractivity contribution is 0.649. The second kappa shape index (κ2) is 6.81. The van der Waals surface area contributed by atoms with E-state index < -0.39 is 0 Å². The lowest BCUT2D eigenvalue weighted by Crippen LogP contribution is -1.96. The van der Waals surface area contributed by atoms with E-state index in [0.717, 1.165) is 12.1 Å². The highest BCUT2D eigenvalue weighted by molar-refractivity contribution is 7.99. The van der Waals surface area contributed by atoms with Crippen molar-refractivity contribution in [1.29, 1.82) is 0 Å². The molecule has 3 aromatic rings. The molecule has 0 fully saturated rings. The van der Waals surface area contributed by atoms with E-state index in [1.54, 1.807) is 0 Å². The number of rotatable bonds is 6. The Hall–Kier alpha value is -1.74. The van der Waals surface area contributed by atoms with Gasteiger partial charge in [-0.3, -0.25) is 0 Å². The molecule has 2 nitrogen and oxygen atoms in total. The number of hydrogen-bond acceptors (Lipinski definition) is 2. The van der Waals surface area contributed by atoms with Crippen molar-refractivity contribution in [2.75, 3.05) is 5.75 Å². The predicted molar refractivity (Wildman–Crippen MR) is 90.9 cm³/mol. The fourth-order valence-corrected chi connectivity index (χ4v) is 3.31. The van der Waals surface area contributed by atoms with Crippen LogP contribution in [0.1, 0.15) is 18.4 Å². The average Bonchev–Trinajstić information content (AvgIpc) is 2.92. The van der Waals surface area contributed by atoms with E-state index in [1.807, 2.05) is 24.2 Å². The largest absolute Gasteiger partial charge is 0.331 e. The van der Waals surface area contributed by atoms with Gasteiger partial charge in [0.05, 0.1) is 17.4 Å². The summed E-state index contributed by atoms with van der Waals surface area (Å²) in [5.41, 5.74) is 3.65. The number of unbranched alkanes of at least 4 members (excludes halogenated alkanes) is 1. The minimum absolute atomic E-state index is 1.05. The number of fused-ring (bicyclic) bond motifs is 1. The number of imidazole rings is 1. The van der Waals surface area contributed by atoms with Crippen LogP contribution in [-0.2, 0) is 6.54 Å². The van der Waals surface area contributed by atoms with Crippen LogP contribution in [0.25, 0.3) is 11.0 Å².